The molecule has 0 saturated carbocycles. The lowest BCUT2D eigenvalue weighted by Crippen LogP contribution is -2.55. The first-order valence-corrected chi connectivity index (χ1v) is 8.91. The van der Waals surface area contributed by atoms with E-state index in [-0.39, 0.29) is 17.6 Å². The van der Waals surface area contributed by atoms with E-state index in [9.17, 15) is 8.42 Å². The molecule has 124 valence electrons. The zero-order chi connectivity index (χ0) is 16.2. The number of ether oxygens (including phenoxy) is 2. The fourth-order valence-electron chi connectivity index (χ4n) is 2.43. The number of nitrogens with one attached hydrogen (secondary N) is 1. The average molecular weight is 328 g/mol. The Labute approximate surface area is 132 Å². The highest BCUT2D eigenvalue weighted by Crippen LogP contribution is 2.26. The minimum Gasteiger partial charge on any atom is -0.349 e. The molecule has 0 bridgehead atoms. The van der Waals surface area contributed by atoms with Gasteiger partial charge >= 0.3 is 0 Å². The van der Waals surface area contributed by atoms with Gasteiger partial charge in [-0.25, -0.2) is 13.1 Å². The van der Waals surface area contributed by atoms with Crippen LogP contribution >= 0.6 is 0 Å². The van der Waals surface area contributed by atoms with E-state index in [1.54, 1.807) is 30.3 Å². The maximum absolute atomic E-state index is 12.4. The van der Waals surface area contributed by atoms with Crippen molar-refractivity contribution in [1.82, 2.24) is 4.72 Å². The predicted molar refractivity (Wildman–Crippen MR) is 83.7 cm³/mol. The van der Waals surface area contributed by atoms with Crippen LogP contribution in [-0.2, 0) is 19.5 Å². The Morgan fingerprint density at radius 3 is 2.64 bits per heavy atom. The first-order valence-electron chi connectivity index (χ1n) is 7.43. The molecule has 0 amide bonds. The van der Waals surface area contributed by atoms with Gasteiger partial charge in [-0.1, -0.05) is 18.2 Å². The summed E-state index contributed by atoms with van der Waals surface area (Å²) in [6, 6.07) is 7.86. The van der Waals surface area contributed by atoms with Crippen molar-refractivity contribution in [2.24, 2.45) is 5.73 Å². The molecule has 2 rings (SSSR count). The van der Waals surface area contributed by atoms with Gasteiger partial charge in [0.15, 0.2) is 5.79 Å². The Morgan fingerprint density at radius 1 is 1.32 bits per heavy atom. The number of rotatable bonds is 6. The maximum Gasteiger partial charge on any atom is 0.240 e. The third-order valence-corrected chi connectivity index (χ3v) is 5.05. The SMILES string of the molecule is CC1(C)OC[C@H](NS(=O)(=O)c2ccccc2)[C@H](CCCN)O1. The summed E-state index contributed by atoms with van der Waals surface area (Å²) in [5.74, 6) is -0.714. The summed E-state index contributed by atoms with van der Waals surface area (Å²) in [4.78, 5) is 0.234. The monoisotopic (exact) mass is 328 g/mol. The highest BCUT2D eigenvalue weighted by Gasteiger charge is 2.38. The molecule has 1 aromatic carbocycles. The van der Waals surface area contributed by atoms with Crippen molar-refractivity contribution in [1.29, 1.82) is 0 Å². The summed E-state index contributed by atoms with van der Waals surface area (Å²) in [7, 11) is -3.60. The minimum atomic E-state index is -3.60. The first kappa shape index (κ1) is 17.4. The Balaban J connectivity index is 2.12. The molecular weight excluding hydrogens is 304 g/mol. The van der Waals surface area contributed by atoms with Gasteiger partial charge in [0.1, 0.15) is 0 Å². The normalized spacial score (nSPS) is 25.0. The van der Waals surface area contributed by atoms with E-state index in [1.165, 1.54) is 0 Å². The van der Waals surface area contributed by atoms with E-state index < -0.39 is 21.9 Å². The Hall–Kier alpha value is -0.990. The predicted octanol–water partition coefficient (Wildman–Crippen LogP) is 1.22. The van der Waals surface area contributed by atoms with Gasteiger partial charge in [-0.3, -0.25) is 0 Å². The van der Waals surface area contributed by atoms with Gasteiger partial charge < -0.3 is 15.2 Å². The molecule has 0 radical (unpaired) electrons. The molecule has 0 spiro atoms. The number of benzene rings is 1. The second kappa shape index (κ2) is 7.06. The summed E-state index contributed by atoms with van der Waals surface area (Å²) < 4.78 is 39.0. The molecule has 6 nitrogen and oxygen atoms in total. The highest BCUT2D eigenvalue weighted by molar-refractivity contribution is 7.89. The lowest BCUT2D eigenvalue weighted by Gasteiger charge is -2.41. The van der Waals surface area contributed by atoms with Crippen LogP contribution in [0.15, 0.2) is 35.2 Å². The summed E-state index contributed by atoms with van der Waals surface area (Å²) in [5.41, 5.74) is 5.55. The Bertz CT molecular complexity index is 574. The van der Waals surface area contributed by atoms with Gasteiger partial charge in [-0.05, 0) is 45.4 Å². The summed E-state index contributed by atoms with van der Waals surface area (Å²) >= 11 is 0. The van der Waals surface area contributed by atoms with Crippen molar-refractivity contribution in [3.63, 3.8) is 0 Å². The molecule has 7 heteroatoms. The number of hydrogen-bond donors (Lipinski definition) is 2. The van der Waals surface area contributed by atoms with E-state index in [1.807, 2.05) is 13.8 Å². The van der Waals surface area contributed by atoms with E-state index in [4.69, 9.17) is 15.2 Å². The summed E-state index contributed by atoms with van der Waals surface area (Å²) in [5, 5.41) is 0. The molecule has 1 aromatic rings. The molecule has 1 fully saturated rings. The first-order chi connectivity index (χ1) is 10.3. The summed E-state index contributed by atoms with van der Waals surface area (Å²) in [6.45, 7) is 4.46. The number of hydrogen-bond acceptors (Lipinski definition) is 5. The number of sulfonamides is 1. The Morgan fingerprint density at radius 2 is 2.00 bits per heavy atom. The van der Waals surface area contributed by atoms with E-state index in [0.29, 0.717) is 13.0 Å². The van der Waals surface area contributed by atoms with Crippen LogP contribution in [0.3, 0.4) is 0 Å². The third kappa shape index (κ3) is 4.50. The lowest BCUT2D eigenvalue weighted by molar-refractivity contribution is -0.281. The molecule has 1 heterocycles. The highest BCUT2D eigenvalue weighted by atomic mass is 32.2. The van der Waals surface area contributed by atoms with Crippen LogP contribution in [0, 0.1) is 0 Å². The molecule has 0 aromatic heterocycles. The van der Waals surface area contributed by atoms with Crippen LogP contribution in [0.1, 0.15) is 26.7 Å². The average Bonchev–Trinajstić information content (AvgIpc) is 2.48. The van der Waals surface area contributed by atoms with Crippen LogP contribution in [-0.4, -0.2) is 39.5 Å². The quantitative estimate of drug-likeness (QED) is 0.819. The van der Waals surface area contributed by atoms with Crippen molar-refractivity contribution in [2.75, 3.05) is 13.2 Å². The van der Waals surface area contributed by atoms with E-state index in [0.717, 1.165) is 6.42 Å². The topological polar surface area (TPSA) is 90.7 Å². The fourth-order valence-corrected chi connectivity index (χ4v) is 3.70. The van der Waals surface area contributed by atoms with Crippen LogP contribution < -0.4 is 10.5 Å². The summed E-state index contributed by atoms with van der Waals surface area (Å²) in [6.07, 6.45) is 1.20. The van der Waals surface area contributed by atoms with Crippen LogP contribution in [0.2, 0.25) is 0 Å². The second-order valence-electron chi connectivity index (χ2n) is 5.84. The van der Waals surface area contributed by atoms with Crippen molar-refractivity contribution < 1.29 is 17.9 Å². The Kier molecular flexibility index (Phi) is 5.57. The third-order valence-electron chi connectivity index (χ3n) is 3.55. The van der Waals surface area contributed by atoms with Crippen LogP contribution in [0.25, 0.3) is 0 Å². The minimum absolute atomic E-state index is 0.234. The van der Waals surface area contributed by atoms with Gasteiger partial charge in [0, 0.05) is 0 Å². The molecule has 3 N–H and O–H groups in total. The molecule has 1 saturated heterocycles. The van der Waals surface area contributed by atoms with Gasteiger partial charge in [-0.2, -0.15) is 0 Å². The molecule has 0 aliphatic carbocycles. The molecule has 2 atom stereocenters. The molecule has 0 unspecified atom stereocenters. The van der Waals surface area contributed by atoms with Gasteiger partial charge in [-0.15, -0.1) is 0 Å². The molecule has 1 aliphatic rings. The second-order valence-corrected chi connectivity index (χ2v) is 7.55. The van der Waals surface area contributed by atoms with Gasteiger partial charge in [0.05, 0.1) is 23.6 Å². The fraction of sp³-hybridized carbons (Fsp3) is 0.600. The van der Waals surface area contributed by atoms with Crippen LogP contribution in [0.4, 0.5) is 0 Å². The van der Waals surface area contributed by atoms with Gasteiger partial charge in [0.25, 0.3) is 0 Å². The smallest absolute Gasteiger partial charge is 0.240 e. The standard InChI is InChI=1S/C15H24N2O4S/c1-15(2)20-11-13(14(21-15)9-6-10-16)17-22(18,19)12-7-4-3-5-8-12/h3-5,7-8,13-14,17H,6,9-11,16H2,1-2H3/t13-,14-/m0/s1. The van der Waals surface area contributed by atoms with Crippen molar-refractivity contribution >= 4 is 10.0 Å². The van der Waals surface area contributed by atoms with Crippen LogP contribution in [0.5, 0.6) is 0 Å². The lowest BCUT2D eigenvalue weighted by atomic mass is 10.1. The van der Waals surface area contributed by atoms with Crippen molar-refractivity contribution in [2.45, 2.75) is 49.5 Å². The zero-order valence-electron chi connectivity index (χ0n) is 13.0. The van der Waals surface area contributed by atoms with E-state index in [2.05, 4.69) is 4.72 Å². The zero-order valence-corrected chi connectivity index (χ0v) is 13.8. The number of nitrogens with two attached hydrogens (primary N) is 1. The molecule has 22 heavy (non-hydrogen) atoms. The van der Waals surface area contributed by atoms with E-state index >= 15 is 0 Å². The van der Waals surface area contributed by atoms with Crippen molar-refractivity contribution in [3.8, 4) is 0 Å². The largest absolute Gasteiger partial charge is 0.349 e. The van der Waals surface area contributed by atoms with Crippen molar-refractivity contribution in [3.05, 3.63) is 30.3 Å². The molecule has 1 aliphatic heterocycles. The van der Waals surface area contributed by atoms with Gasteiger partial charge in [0.2, 0.25) is 10.0 Å². The maximum atomic E-state index is 12.4. The molecular formula is C15H24N2O4S.